The second-order valence-electron chi connectivity index (χ2n) is 16.5. The van der Waals surface area contributed by atoms with Gasteiger partial charge in [0.1, 0.15) is 19.8 Å². The third-order valence-electron chi connectivity index (χ3n) is 9.91. The van der Waals surface area contributed by atoms with Gasteiger partial charge in [-0.15, -0.1) is 0 Å². The molecule has 2 atom stereocenters. The molecule has 1 unspecified atom stereocenters. The second kappa shape index (κ2) is 40.9. The van der Waals surface area contributed by atoms with Crippen LogP contribution in [0.15, 0.2) is 0 Å². The van der Waals surface area contributed by atoms with Gasteiger partial charge in [-0.05, 0) is 73.1 Å². The Labute approximate surface area is 366 Å². The fraction of sp³-hybridized carbons (Fsp3) is 0.955. The number of thiocarbonyl (C=S) groups is 2. The molecule has 0 radical (unpaired) electrons. The molecule has 0 bridgehead atoms. The van der Waals surface area contributed by atoms with Crippen molar-refractivity contribution < 1.29 is 32.5 Å². The van der Waals surface area contributed by atoms with Crippen LogP contribution in [-0.4, -0.2) is 91.2 Å². The van der Waals surface area contributed by atoms with E-state index >= 15 is 0 Å². The molecule has 0 aliphatic rings. The first-order chi connectivity index (χ1) is 27.0. The molecular formula is C44H88NO6PS4. The number of phosphoric acid groups is 1. The molecule has 0 fully saturated rings. The van der Waals surface area contributed by atoms with Gasteiger partial charge in [-0.2, -0.15) is 23.5 Å². The molecule has 0 saturated heterocycles. The zero-order valence-corrected chi connectivity index (χ0v) is 41.2. The fourth-order valence-corrected chi connectivity index (χ4v) is 9.00. The van der Waals surface area contributed by atoms with E-state index in [4.69, 9.17) is 43.0 Å². The minimum Gasteiger partial charge on any atom is -0.756 e. The molecule has 56 heavy (non-hydrogen) atoms. The Morgan fingerprint density at radius 1 is 0.554 bits per heavy atom. The molecule has 0 saturated carbocycles. The van der Waals surface area contributed by atoms with Gasteiger partial charge in [-0.1, -0.05) is 155 Å². The van der Waals surface area contributed by atoms with E-state index in [1.807, 2.05) is 21.1 Å². The van der Waals surface area contributed by atoms with E-state index in [-0.39, 0.29) is 19.8 Å². The molecule has 0 aromatic rings. The molecule has 12 heteroatoms. The van der Waals surface area contributed by atoms with Crippen molar-refractivity contribution in [3.05, 3.63) is 0 Å². The standard InChI is InChI=1S/C44H88NO6PS4/c1-6-55-38-32-28-24-20-16-12-8-10-14-18-22-26-30-34-43(53)48-40-42(41-50-52(46,47)49-37-36-45(3,4)5)51-44(54)35-31-27-23-19-15-11-9-13-17-21-25-29-33-39-56-7-2/h42H,6-41H2,1-5H3/t42-/m1/s1. The van der Waals surface area contributed by atoms with Crippen LogP contribution >= 0.6 is 55.8 Å². The van der Waals surface area contributed by atoms with Gasteiger partial charge in [0, 0.05) is 12.8 Å². The van der Waals surface area contributed by atoms with Crippen LogP contribution in [-0.2, 0) is 23.1 Å². The van der Waals surface area contributed by atoms with Gasteiger partial charge >= 0.3 is 0 Å². The van der Waals surface area contributed by atoms with Crippen molar-refractivity contribution in [1.82, 2.24) is 0 Å². The third kappa shape index (κ3) is 44.1. The number of quaternary nitrogens is 1. The van der Waals surface area contributed by atoms with E-state index in [1.165, 1.54) is 164 Å². The lowest BCUT2D eigenvalue weighted by molar-refractivity contribution is -0.870. The summed E-state index contributed by atoms with van der Waals surface area (Å²) in [5.74, 6) is 5.15. The summed E-state index contributed by atoms with van der Waals surface area (Å²) in [5.41, 5.74) is 0. The topological polar surface area (TPSA) is 77.1 Å². The molecular weight excluding hydrogens is 798 g/mol. The summed E-state index contributed by atoms with van der Waals surface area (Å²) in [6.07, 6.45) is 34.5. The first-order valence-electron chi connectivity index (χ1n) is 22.9. The molecule has 0 aromatic carbocycles. The first kappa shape index (κ1) is 56.5. The Hall–Kier alpha value is 0.550. The van der Waals surface area contributed by atoms with Crippen molar-refractivity contribution in [2.24, 2.45) is 0 Å². The second-order valence-corrected chi connectivity index (χ2v) is 21.6. The van der Waals surface area contributed by atoms with Gasteiger partial charge in [0.25, 0.3) is 7.82 Å². The Kier molecular flexibility index (Phi) is 41.3. The Bertz CT molecular complexity index is 942. The van der Waals surface area contributed by atoms with Crippen molar-refractivity contribution in [3.63, 3.8) is 0 Å². The van der Waals surface area contributed by atoms with Crippen molar-refractivity contribution in [3.8, 4) is 0 Å². The molecule has 0 aromatic heterocycles. The highest BCUT2D eigenvalue weighted by atomic mass is 32.2. The van der Waals surface area contributed by atoms with E-state index in [0.717, 1.165) is 25.7 Å². The van der Waals surface area contributed by atoms with Gasteiger partial charge in [-0.25, -0.2) is 0 Å². The van der Waals surface area contributed by atoms with Crippen LogP contribution < -0.4 is 4.89 Å². The summed E-state index contributed by atoms with van der Waals surface area (Å²) in [4.78, 5) is 12.5. The van der Waals surface area contributed by atoms with Crippen LogP contribution in [0, 0.1) is 0 Å². The van der Waals surface area contributed by atoms with Crippen molar-refractivity contribution in [1.29, 1.82) is 0 Å². The number of likely N-dealkylation sites (N-methyl/N-ethyl adjacent to an activating group) is 1. The average Bonchev–Trinajstić information content (AvgIpc) is 3.15. The van der Waals surface area contributed by atoms with Crippen molar-refractivity contribution in [2.75, 3.05) is 70.5 Å². The van der Waals surface area contributed by atoms with E-state index in [9.17, 15) is 9.46 Å². The highest BCUT2D eigenvalue weighted by Crippen LogP contribution is 2.38. The minimum absolute atomic E-state index is 0.0479. The highest BCUT2D eigenvalue weighted by Gasteiger charge is 2.20. The van der Waals surface area contributed by atoms with Gasteiger partial charge in [0.2, 0.25) is 0 Å². The highest BCUT2D eigenvalue weighted by molar-refractivity contribution is 7.99. The summed E-state index contributed by atoms with van der Waals surface area (Å²) < 4.78 is 35.3. The lowest BCUT2D eigenvalue weighted by Crippen LogP contribution is -2.37. The van der Waals surface area contributed by atoms with Crippen molar-refractivity contribution in [2.45, 2.75) is 200 Å². The Morgan fingerprint density at radius 2 is 0.911 bits per heavy atom. The molecule has 0 N–H and O–H groups in total. The van der Waals surface area contributed by atoms with E-state index < -0.39 is 13.9 Å². The number of thioether (sulfide) groups is 2. The van der Waals surface area contributed by atoms with Gasteiger partial charge < -0.3 is 27.9 Å². The number of hydrogen-bond donors (Lipinski definition) is 0. The molecule has 334 valence electrons. The van der Waals surface area contributed by atoms with Crippen LogP contribution in [0.2, 0.25) is 0 Å². The predicted molar refractivity (Wildman–Crippen MR) is 254 cm³/mol. The van der Waals surface area contributed by atoms with Crippen molar-refractivity contribution >= 4 is 65.9 Å². The molecule has 0 aliphatic heterocycles. The van der Waals surface area contributed by atoms with Crippen LogP contribution in [0.5, 0.6) is 0 Å². The number of rotatable bonds is 44. The van der Waals surface area contributed by atoms with Gasteiger partial charge in [0.15, 0.2) is 16.2 Å². The maximum Gasteiger partial charge on any atom is 0.268 e. The summed E-state index contributed by atoms with van der Waals surface area (Å²) in [6.45, 7) is 4.93. The smallest absolute Gasteiger partial charge is 0.268 e. The maximum atomic E-state index is 12.5. The lowest BCUT2D eigenvalue weighted by atomic mass is 10.0. The number of hydrogen-bond acceptors (Lipinski definition) is 10. The summed E-state index contributed by atoms with van der Waals surface area (Å²) in [6, 6.07) is 0. The molecule has 7 nitrogen and oxygen atoms in total. The molecule has 0 amide bonds. The van der Waals surface area contributed by atoms with Crippen LogP contribution in [0.3, 0.4) is 0 Å². The summed E-state index contributed by atoms with van der Waals surface area (Å²) in [7, 11) is 1.43. The number of nitrogens with zero attached hydrogens (tertiary/aromatic N) is 1. The Morgan fingerprint density at radius 3 is 1.29 bits per heavy atom. The van der Waals surface area contributed by atoms with Gasteiger partial charge in [0.05, 0.1) is 27.7 Å². The molecule has 0 aliphatic carbocycles. The minimum atomic E-state index is -4.50. The quantitative estimate of drug-likeness (QED) is 0.0255. The van der Waals surface area contributed by atoms with Crippen LogP contribution in [0.25, 0.3) is 0 Å². The number of ether oxygens (including phenoxy) is 2. The first-order valence-corrected chi connectivity index (χ1v) is 27.5. The SMILES string of the molecule is CCSCCCCCCCCCCCCCCCC(=S)OC[C@H](COP(=O)([O-])OCC[N+](C)(C)C)OC(=S)CCCCCCCCCCCCCCCSCC. The summed E-state index contributed by atoms with van der Waals surface area (Å²) >= 11 is 15.2. The maximum absolute atomic E-state index is 12.5. The average molecular weight is 886 g/mol. The monoisotopic (exact) mass is 886 g/mol. The number of phosphoric ester groups is 1. The molecule has 0 heterocycles. The van der Waals surface area contributed by atoms with Crippen LogP contribution in [0.4, 0.5) is 0 Å². The Balaban J connectivity index is 4.26. The largest absolute Gasteiger partial charge is 0.756 e. The number of unbranched alkanes of at least 4 members (excludes halogenated alkanes) is 24. The zero-order valence-electron chi connectivity index (χ0n) is 37.0. The van der Waals surface area contributed by atoms with Crippen LogP contribution in [0.1, 0.15) is 194 Å². The lowest BCUT2D eigenvalue weighted by Gasteiger charge is -2.28. The zero-order chi connectivity index (χ0) is 41.4. The molecule has 0 spiro atoms. The third-order valence-corrected chi connectivity index (χ3v) is 13.5. The summed E-state index contributed by atoms with van der Waals surface area (Å²) in [5, 5.41) is 0.983. The molecule has 0 rings (SSSR count). The van der Waals surface area contributed by atoms with Gasteiger partial charge in [-0.3, -0.25) is 4.57 Å². The fourth-order valence-electron chi connectivity index (χ4n) is 6.38. The van der Waals surface area contributed by atoms with E-state index in [0.29, 0.717) is 34.0 Å². The van der Waals surface area contributed by atoms with E-state index in [2.05, 4.69) is 37.4 Å². The predicted octanol–water partition coefficient (Wildman–Crippen LogP) is 13.7. The normalized spacial score (nSPS) is 13.5. The van der Waals surface area contributed by atoms with E-state index in [1.54, 1.807) is 0 Å².